The van der Waals surface area contributed by atoms with E-state index in [4.69, 9.17) is 16.3 Å². The van der Waals surface area contributed by atoms with Gasteiger partial charge in [-0.05, 0) is 12.1 Å². The summed E-state index contributed by atoms with van der Waals surface area (Å²) >= 11 is 8.80. The molecule has 6 nitrogen and oxygen atoms in total. The fourth-order valence-electron chi connectivity index (χ4n) is 2.66. The lowest BCUT2D eigenvalue weighted by molar-refractivity contribution is -0.148. The van der Waals surface area contributed by atoms with E-state index in [1.54, 1.807) is 6.07 Å². The number of nitrogens with zero attached hydrogens (tertiary/aromatic N) is 2. The van der Waals surface area contributed by atoms with Crippen LogP contribution in [0.2, 0.25) is 4.34 Å². The molecule has 2 unspecified atom stereocenters. The van der Waals surface area contributed by atoms with Crippen molar-refractivity contribution in [1.82, 2.24) is 9.88 Å². The van der Waals surface area contributed by atoms with Crippen molar-refractivity contribution in [2.45, 2.75) is 25.0 Å². The topological polar surface area (TPSA) is 79.7 Å². The minimum absolute atomic E-state index is 0.0792. The van der Waals surface area contributed by atoms with Gasteiger partial charge < -0.3 is 14.7 Å². The lowest BCUT2D eigenvalue weighted by Crippen LogP contribution is -2.41. The second-order valence-corrected chi connectivity index (χ2v) is 7.99. The number of carbonyl (C=O) groups is 2. The summed E-state index contributed by atoms with van der Waals surface area (Å²) in [5.74, 6) is -1.25. The van der Waals surface area contributed by atoms with Crippen LogP contribution in [0.3, 0.4) is 0 Å². The first-order chi connectivity index (χ1) is 11.5. The molecule has 0 bridgehead atoms. The van der Waals surface area contributed by atoms with Crippen LogP contribution in [0.5, 0.6) is 0 Å². The Labute approximate surface area is 151 Å². The average molecular weight is 387 g/mol. The fraction of sp³-hybridized carbons (Fsp3) is 0.400. The Morgan fingerprint density at radius 1 is 1.50 bits per heavy atom. The number of carboxylic acid groups (broad SMARTS) is 1. The van der Waals surface area contributed by atoms with Gasteiger partial charge >= 0.3 is 5.97 Å². The number of amides is 1. The molecule has 1 aliphatic heterocycles. The van der Waals surface area contributed by atoms with E-state index in [0.29, 0.717) is 23.0 Å². The third kappa shape index (κ3) is 3.61. The number of carboxylic acids is 1. The second kappa shape index (κ2) is 7.18. The van der Waals surface area contributed by atoms with Crippen LogP contribution in [0.4, 0.5) is 0 Å². The molecular weight excluding hydrogens is 372 g/mol. The molecule has 1 aliphatic rings. The maximum Gasteiger partial charge on any atom is 0.326 e. The molecule has 1 fully saturated rings. The number of hydrogen-bond donors (Lipinski definition) is 1. The van der Waals surface area contributed by atoms with Crippen LogP contribution in [0.1, 0.15) is 12.1 Å². The van der Waals surface area contributed by atoms with Crippen molar-refractivity contribution in [2.75, 3.05) is 13.7 Å². The summed E-state index contributed by atoms with van der Waals surface area (Å²) in [5, 5.41) is 11.9. The second-order valence-electron chi connectivity index (χ2n) is 5.42. The smallest absolute Gasteiger partial charge is 0.326 e. The first-order valence-corrected chi connectivity index (χ1v) is 9.30. The van der Waals surface area contributed by atoms with Crippen molar-refractivity contribution >= 4 is 46.2 Å². The minimum atomic E-state index is -1.00. The molecule has 3 heterocycles. The number of methoxy groups -OCH3 is 1. The number of rotatable bonds is 5. The van der Waals surface area contributed by atoms with Gasteiger partial charge in [-0.2, -0.15) is 0 Å². The summed E-state index contributed by atoms with van der Waals surface area (Å²) in [7, 11) is 1.52. The van der Waals surface area contributed by atoms with E-state index in [2.05, 4.69) is 4.98 Å². The number of thiazole rings is 1. The van der Waals surface area contributed by atoms with Crippen molar-refractivity contribution in [1.29, 1.82) is 0 Å². The zero-order chi connectivity index (χ0) is 17.3. The third-order valence-corrected chi connectivity index (χ3v) is 6.16. The summed E-state index contributed by atoms with van der Waals surface area (Å²) in [6.45, 7) is 0.295. The molecule has 0 aromatic carbocycles. The zero-order valence-corrected chi connectivity index (χ0v) is 15.2. The predicted molar refractivity (Wildman–Crippen MR) is 92.7 cm³/mol. The minimum Gasteiger partial charge on any atom is -0.480 e. The monoisotopic (exact) mass is 386 g/mol. The normalized spacial score (nSPS) is 20.5. The number of likely N-dealkylation sites (tertiary alicyclic amines) is 1. The van der Waals surface area contributed by atoms with E-state index < -0.39 is 12.0 Å². The van der Waals surface area contributed by atoms with Gasteiger partial charge in [0.15, 0.2) is 0 Å². The van der Waals surface area contributed by atoms with Crippen molar-refractivity contribution in [3.8, 4) is 9.88 Å². The van der Waals surface area contributed by atoms with Crippen molar-refractivity contribution < 1.29 is 19.4 Å². The molecule has 2 aromatic rings. The van der Waals surface area contributed by atoms with E-state index in [-0.39, 0.29) is 18.4 Å². The van der Waals surface area contributed by atoms with E-state index in [0.717, 1.165) is 9.88 Å². The molecule has 3 rings (SSSR count). The summed E-state index contributed by atoms with van der Waals surface area (Å²) < 4.78 is 5.89. The molecule has 2 aromatic heterocycles. The Bertz CT molecular complexity index is 760. The number of carbonyl (C=O) groups excluding carboxylic acids is 1. The van der Waals surface area contributed by atoms with Gasteiger partial charge in [0.1, 0.15) is 11.0 Å². The average Bonchev–Trinajstić information content (AvgIpc) is 3.25. The molecule has 0 radical (unpaired) electrons. The van der Waals surface area contributed by atoms with Crippen LogP contribution < -0.4 is 0 Å². The van der Waals surface area contributed by atoms with E-state index >= 15 is 0 Å². The highest BCUT2D eigenvalue weighted by molar-refractivity contribution is 7.23. The number of aliphatic carboxylic acids is 1. The van der Waals surface area contributed by atoms with Crippen LogP contribution in [0.25, 0.3) is 9.88 Å². The highest BCUT2D eigenvalue weighted by Crippen LogP contribution is 2.33. The van der Waals surface area contributed by atoms with Crippen LogP contribution in [-0.4, -0.2) is 52.7 Å². The standard InChI is InChI=1S/C15H15ClN2O4S2/c1-22-9-5-10(15(20)21)18(6-9)13(19)4-8-7-23-14(17-8)11-2-3-12(16)24-11/h2-3,7,9-10H,4-6H2,1H3,(H,20,21). The Kier molecular flexibility index (Phi) is 5.19. The number of halogens is 1. The summed E-state index contributed by atoms with van der Waals surface area (Å²) in [6.07, 6.45) is 0.151. The Balaban J connectivity index is 1.70. The van der Waals surface area contributed by atoms with E-state index in [9.17, 15) is 14.7 Å². The summed E-state index contributed by atoms with van der Waals surface area (Å²) in [6, 6.07) is 2.86. The van der Waals surface area contributed by atoms with Gasteiger partial charge in [-0.1, -0.05) is 11.6 Å². The Hall–Kier alpha value is -1.48. The van der Waals surface area contributed by atoms with Gasteiger partial charge in [-0.15, -0.1) is 22.7 Å². The molecule has 128 valence electrons. The van der Waals surface area contributed by atoms with Gasteiger partial charge in [0, 0.05) is 25.5 Å². The fourth-order valence-corrected chi connectivity index (χ4v) is 4.60. The lowest BCUT2D eigenvalue weighted by Gasteiger charge is -2.20. The molecule has 1 saturated heterocycles. The summed E-state index contributed by atoms with van der Waals surface area (Å²) in [5.41, 5.74) is 0.634. The summed E-state index contributed by atoms with van der Waals surface area (Å²) in [4.78, 5) is 30.6. The van der Waals surface area contributed by atoms with Crippen LogP contribution in [-0.2, 0) is 20.7 Å². The van der Waals surface area contributed by atoms with E-state index in [1.165, 1.54) is 34.7 Å². The molecule has 0 saturated carbocycles. The SMILES string of the molecule is COC1CC(C(=O)O)N(C(=O)Cc2csc(-c3ccc(Cl)s3)n2)C1. The Morgan fingerprint density at radius 3 is 2.92 bits per heavy atom. The van der Waals surface area contributed by atoms with Crippen LogP contribution >= 0.6 is 34.3 Å². The van der Waals surface area contributed by atoms with Crippen LogP contribution in [0, 0.1) is 0 Å². The zero-order valence-electron chi connectivity index (χ0n) is 12.8. The lowest BCUT2D eigenvalue weighted by atomic mass is 10.2. The maximum absolute atomic E-state index is 12.5. The molecule has 1 amide bonds. The molecule has 24 heavy (non-hydrogen) atoms. The highest BCUT2D eigenvalue weighted by atomic mass is 35.5. The van der Waals surface area contributed by atoms with Gasteiger partial charge in [0.2, 0.25) is 5.91 Å². The maximum atomic E-state index is 12.5. The quantitative estimate of drug-likeness (QED) is 0.854. The van der Waals surface area contributed by atoms with E-state index in [1.807, 2.05) is 11.4 Å². The molecule has 9 heteroatoms. The number of hydrogen-bond acceptors (Lipinski definition) is 6. The molecule has 1 N–H and O–H groups in total. The van der Waals surface area contributed by atoms with Gasteiger partial charge in [0.25, 0.3) is 0 Å². The van der Waals surface area contributed by atoms with Gasteiger partial charge in [0.05, 0.1) is 27.4 Å². The number of thiophene rings is 1. The van der Waals surface area contributed by atoms with Crippen molar-refractivity contribution in [3.05, 3.63) is 27.5 Å². The molecular formula is C15H15ClN2O4S2. The number of ether oxygens (including phenoxy) is 1. The van der Waals surface area contributed by atoms with Crippen LogP contribution in [0.15, 0.2) is 17.5 Å². The molecule has 2 atom stereocenters. The van der Waals surface area contributed by atoms with Crippen molar-refractivity contribution in [2.24, 2.45) is 0 Å². The molecule has 0 spiro atoms. The van der Waals surface area contributed by atoms with Gasteiger partial charge in [-0.3, -0.25) is 4.79 Å². The largest absolute Gasteiger partial charge is 0.480 e. The molecule has 0 aliphatic carbocycles. The highest BCUT2D eigenvalue weighted by Gasteiger charge is 2.39. The van der Waals surface area contributed by atoms with Crippen molar-refractivity contribution in [3.63, 3.8) is 0 Å². The number of aromatic nitrogens is 1. The third-order valence-electron chi connectivity index (χ3n) is 3.87. The predicted octanol–water partition coefficient (Wildman–Crippen LogP) is 2.77. The first kappa shape index (κ1) is 17.3. The van der Waals surface area contributed by atoms with Gasteiger partial charge in [-0.25, -0.2) is 9.78 Å². The Morgan fingerprint density at radius 2 is 2.29 bits per heavy atom. The first-order valence-electron chi connectivity index (χ1n) is 7.23.